The molecule has 0 unspecified atom stereocenters. The molecule has 0 aliphatic rings. The Kier molecular flexibility index (Phi) is 4.47. The standard InChI is InChI=1S/C18H16N4O5S/c1-2-17-19-16(20-27-17)11-22-14-9-8-13(10-15(14)26-18(22)23)28(24,25)21-12-6-4-3-5-7-12/h3-10,21H,2,11H2,1H3. The van der Waals surface area contributed by atoms with Crippen molar-refractivity contribution < 1.29 is 17.4 Å². The minimum atomic E-state index is -3.83. The van der Waals surface area contributed by atoms with Crippen LogP contribution in [0.3, 0.4) is 0 Å². The molecule has 1 N–H and O–H groups in total. The first-order valence-electron chi connectivity index (χ1n) is 8.49. The van der Waals surface area contributed by atoms with E-state index in [9.17, 15) is 13.2 Å². The van der Waals surface area contributed by atoms with Gasteiger partial charge in [-0.3, -0.25) is 9.29 Å². The van der Waals surface area contributed by atoms with E-state index in [1.165, 1.54) is 22.8 Å². The predicted octanol–water partition coefficient (Wildman–Crippen LogP) is 2.39. The molecule has 0 aliphatic carbocycles. The zero-order chi connectivity index (χ0) is 19.7. The van der Waals surface area contributed by atoms with E-state index >= 15 is 0 Å². The number of aryl methyl sites for hydroxylation is 1. The largest absolute Gasteiger partial charge is 0.420 e. The van der Waals surface area contributed by atoms with Crippen molar-refractivity contribution in [2.75, 3.05) is 4.72 Å². The van der Waals surface area contributed by atoms with Gasteiger partial charge in [0.05, 0.1) is 17.0 Å². The van der Waals surface area contributed by atoms with Crippen LogP contribution in [0.4, 0.5) is 5.69 Å². The summed E-state index contributed by atoms with van der Waals surface area (Å²) in [5, 5.41) is 3.82. The Morgan fingerprint density at radius 1 is 1.14 bits per heavy atom. The number of sulfonamides is 1. The summed E-state index contributed by atoms with van der Waals surface area (Å²) in [5.74, 6) is 0.170. The van der Waals surface area contributed by atoms with Gasteiger partial charge in [-0.25, -0.2) is 13.2 Å². The van der Waals surface area contributed by atoms with Gasteiger partial charge in [0.25, 0.3) is 10.0 Å². The summed E-state index contributed by atoms with van der Waals surface area (Å²) in [5.41, 5.74) is 1.03. The van der Waals surface area contributed by atoms with Gasteiger partial charge in [0.2, 0.25) is 5.89 Å². The van der Waals surface area contributed by atoms with Crippen LogP contribution in [0.25, 0.3) is 11.1 Å². The van der Waals surface area contributed by atoms with Gasteiger partial charge in [-0.05, 0) is 24.3 Å². The van der Waals surface area contributed by atoms with E-state index in [4.69, 9.17) is 8.94 Å². The normalized spacial score (nSPS) is 11.8. The highest BCUT2D eigenvalue weighted by molar-refractivity contribution is 7.92. The second-order valence-corrected chi connectivity index (χ2v) is 7.70. The fourth-order valence-electron chi connectivity index (χ4n) is 2.72. The number of nitrogens with one attached hydrogen (secondary N) is 1. The quantitative estimate of drug-likeness (QED) is 0.527. The molecule has 0 amide bonds. The van der Waals surface area contributed by atoms with Crippen molar-refractivity contribution in [1.82, 2.24) is 14.7 Å². The third-order valence-corrected chi connectivity index (χ3v) is 5.47. The number of oxazole rings is 1. The molecule has 0 saturated heterocycles. The van der Waals surface area contributed by atoms with Crippen LogP contribution in [0.15, 0.2) is 67.2 Å². The molecule has 2 aromatic heterocycles. The number of para-hydroxylation sites is 1. The Labute approximate surface area is 159 Å². The number of anilines is 1. The van der Waals surface area contributed by atoms with E-state index in [0.29, 0.717) is 29.3 Å². The van der Waals surface area contributed by atoms with Gasteiger partial charge in [0.1, 0.15) is 0 Å². The van der Waals surface area contributed by atoms with Crippen molar-refractivity contribution in [1.29, 1.82) is 0 Å². The summed E-state index contributed by atoms with van der Waals surface area (Å²) >= 11 is 0. The average Bonchev–Trinajstić information content (AvgIpc) is 3.26. The Morgan fingerprint density at radius 3 is 2.64 bits per heavy atom. The summed E-state index contributed by atoms with van der Waals surface area (Å²) in [7, 11) is -3.83. The van der Waals surface area contributed by atoms with Crippen molar-refractivity contribution in [2.24, 2.45) is 0 Å². The van der Waals surface area contributed by atoms with E-state index in [1.807, 2.05) is 6.92 Å². The number of hydrogen-bond acceptors (Lipinski definition) is 7. The van der Waals surface area contributed by atoms with Crippen LogP contribution in [0.2, 0.25) is 0 Å². The van der Waals surface area contributed by atoms with E-state index in [1.54, 1.807) is 30.3 Å². The molecule has 2 heterocycles. The van der Waals surface area contributed by atoms with Crippen LogP contribution in [-0.2, 0) is 23.0 Å². The molecule has 144 valence electrons. The van der Waals surface area contributed by atoms with Crippen LogP contribution < -0.4 is 10.5 Å². The average molecular weight is 400 g/mol. The number of rotatable bonds is 6. The van der Waals surface area contributed by atoms with Crippen LogP contribution in [0, 0.1) is 0 Å². The highest BCUT2D eigenvalue weighted by Gasteiger charge is 2.19. The maximum atomic E-state index is 12.6. The lowest BCUT2D eigenvalue weighted by atomic mass is 10.3. The zero-order valence-corrected chi connectivity index (χ0v) is 15.6. The second-order valence-electron chi connectivity index (χ2n) is 6.01. The molecule has 10 heteroatoms. The minimum Gasteiger partial charge on any atom is -0.408 e. The SMILES string of the molecule is CCc1nc(Cn2c(=O)oc3cc(S(=O)(=O)Nc4ccccc4)ccc32)no1. The van der Waals surface area contributed by atoms with Crippen molar-refractivity contribution in [3.8, 4) is 0 Å². The second kappa shape index (κ2) is 6.97. The third kappa shape index (κ3) is 3.41. The van der Waals surface area contributed by atoms with Crippen LogP contribution in [-0.4, -0.2) is 23.1 Å². The maximum Gasteiger partial charge on any atom is 0.420 e. The maximum absolute atomic E-state index is 12.6. The number of aromatic nitrogens is 3. The Bertz CT molecular complexity index is 1290. The zero-order valence-electron chi connectivity index (χ0n) is 14.8. The summed E-state index contributed by atoms with van der Waals surface area (Å²) in [6, 6.07) is 12.8. The van der Waals surface area contributed by atoms with E-state index in [2.05, 4.69) is 14.9 Å². The monoisotopic (exact) mass is 400 g/mol. The summed E-state index contributed by atoms with van der Waals surface area (Å²) in [4.78, 5) is 16.4. The first-order valence-corrected chi connectivity index (χ1v) is 9.97. The number of benzene rings is 2. The van der Waals surface area contributed by atoms with Gasteiger partial charge >= 0.3 is 5.76 Å². The Balaban J connectivity index is 1.67. The lowest BCUT2D eigenvalue weighted by molar-refractivity contribution is 0.375. The number of nitrogens with zero attached hydrogens (tertiary/aromatic N) is 3. The van der Waals surface area contributed by atoms with Gasteiger partial charge in [-0.1, -0.05) is 30.3 Å². The first kappa shape index (κ1) is 18.0. The fraction of sp³-hybridized carbons (Fsp3) is 0.167. The molecule has 4 rings (SSSR count). The first-order chi connectivity index (χ1) is 13.5. The highest BCUT2D eigenvalue weighted by Crippen LogP contribution is 2.21. The summed E-state index contributed by atoms with van der Waals surface area (Å²) in [6.45, 7) is 1.94. The van der Waals surface area contributed by atoms with Crippen molar-refractivity contribution in [3.05, 3.63) is 70.8 Å². The topological polar surface area (TPSA) is 120 Å². The van der Waals surface area contributed by atoms with Crippen LogP contribution >= 0.6 is 0 Å². The van der Waals surface area contributed by atoms with Crippen molar-refractivity contribution in [3.63, 3.8) is 0 Å². The predicted molar refractivity (Wildman–Crippen MR) is 101 cm³/mol. The van der Waals surface area contributed by atoms with Gasteiger partial charge in [-0.2, -0.15) is 4.98 Å². The lowest BCUT2D eigenvalue weighted by Crippen LogP contribution is -2.15. The van der Waals surface area contributed by atoms with Crippen molar-refractivity contribution in [2.45, 2.75) is 24.8 Å². The summed E-state index contributed by atoms with van der Waals surface area (Å²) < 4.78 is 39.3. The van der Waals surface area contributed by atoms with E-state index in [-0.39, 0.29) is 17.0 Å². The lowest BCUT2D eigenvalue weighted by Gasteiger charge is -2.07. The molecule has 2 aromatic carbocycles. The molecule has 0 aliphatic heterocycles. The molecule has 0 bridgehead atoms. The molecule has 9 nitrogen and oxygen atoms in total. The Hall–Kier alpha value is -3.40. The highest BCUT2D eigenvalue weighted by atomic mass is 32.2. The number of hydrogen-bond donors (Lipinski definition) is 1. The Morgan fingerprint density at radius 2 is 1.93 bits per heavy atom. The molecule has 0 saturated carbocycles. The molecule has 0 spiro atoms. The van der Waals surface area contributed by atoms with Gasteiger partial charge in [0, 0.05) is 18.2 Å². The van der Waals surface area contributed by atoms with Crippen molar-refractivity contribution >= 4 is 26.8 Å². The van der Waals surface area contributed by atoms with Gasteiger partial charge < -0.3 is 8.94 Å². The molecule has 0 fully saturated rings. The third-order valence-electron chi connectivity index (χ3n) is 4.09. The van der Waals surface area contributed by atoms with E-state index < -0.39 is 15.8 Å². The molecule has 0 atom stereocenters. The smallest absolute Gasteiger partial charge is 0.408 e. The van der Waals surface area contributed by atoms with E-state index in [0.717, 1.165) is 0 Å². The van der Waals surface area contributed by atoms with Gasteiger partial charge in [0.15, 0.2) is 11.4 Å². The van der Waals surface area contributed by atoms with Crippen LogP contribution in [0.5, 0.6) is 0 Å². The van der Waals surface area contributed by atoms with Gasteiger partial charge in [-0.15, -0.1) is 0 Å². The molecular formula is C18H16N4O5S. The summed E-state index contributed by atoms with van der Waals surface area (Å²) in [6.07, 6.45) is 0.587. The molecule has 0 radical (unpaired) electrons. The van der Waals surface area contributed by atoms with Crippen LogP contribution in [0.1, 0.15) is 18.6 Å². The molecule has 28 heavy (non-hydrogen) atoms. The number of fused-ring (bicyclic) bond motifs is 1. The molecule has 4 aromatic rings. The molecular weight excluding hydrogens is 384 g/mol. The fourth-order valence-corrected chi connectivity index (χ4v) is 3.80. The minimum absolute atomic E-state index is 0.0161.